The lowest BCUT2D eigenvalue weighted by molar-refractivity contribution is -0.385. The van der Waals surface area contributed by atoms with E-state index in [1.807, 2.05) is 6.07 Å². The van der Waals surface area contributed by atoms with Crippen molar-refractivity contribution in [1.29, 1.82) is 0 Å². The number of rotatable bonds is 3. The van der Waals surface area contributed by atoms with Crippen LogP contribution in [0.15, 0.2) is 24.3 Å². The van der Waals surface area contributed by atoms with Gasteiger partial charge in [0.15, 0.2) is 0 Å². The highest BCUT2D eigenvalue weighted by molar-refractivity contribution is 6.19. The third-order valence-corrected chi connectivity index (χ3v) is 2.01. The van der Waals surface area contributed by atoms with E-state index < -0.39 is 0 Å². The van der Waals surface area contributed by atoms with Gasteiger partial charge in [-0.2, -0.15) is 0 Å². The zero-order valence-electron chi connectivity index (χ0n) is 7.74. The molecule has 0 atom stereocenters. The number of aryl methyl sites for hydroxylation is 1. The van der Waals surface area contributed by atoms with Crippen LogP contribution in [0.25, 0.3) is 6.08 Å². The molecule has 0 radical (unpaired) electrons. The molecular formula is C10H10ClNO2. The second kappa shape index (κ2) is 4.77. The van der Waals surface area contributed by atoms with Crippen molar-refractivity contribution in [3.8, 4) is 0 Å². The Morgan fingerprint density at radius 1 is 1.57 bits per heavy atom. The quantitative estimate of drug-likeness (QED) is 0.438. The fourth-order valence-corrected chi connectivity index (χ4v) is 1.20. The fourth-order valence-electron chi connectivity index (χ4n) is 1.11. The van der Waals surface area contributed by atoms with E-state index in [1.165, 1.54) is 0 Å². The van der Waals surface area contributed by atoms with Crippen LogP contribution < -0.4 is 0 Å². The first-order valence-corrected chi connectivity index (χ1v) is 4.66. The minimum Gasteiger partial charge on any atom is -0.258 e. The van der Waals surface area contributed by atoms with Gasteiger partial charge in [0.25, 0.3) is 5.69 Å². The van der Waals surface area contributed by atoms with Gasteiger partial charge in [0.05, 0.1) is 4.92 Å². The molecule has 0 fully saturated rings. The van der Waals surface area contributed by atoms with Crippen LogP contribution in [0.4, 0.5) is 5.69 Å². The van der Waals surface area contributed by atoms with Crippen molar-refractivity contribution in [2.24, 2.45) is 0 Å². The summed E-state index contributed by atoms with van der Waals surface area (Å²) in [4.78, 5) is 10.2. The summed E-state index contributed by atoms with van der Waals surface area (Å²) in [5.74, 6) is 0.404. The summed E-state index contributed by atoms with van der Waals surface area (Å²) in [5.41, 5.74) is 1.60. The average molecular weight is 212 g/mol. The zero-order valence-corrected chi connectivity index (χ0v) is 8.49. The number of nitro benzene ring substituents is 1. The Bertz CT molecular complexity index is 374. The number of alkyl halides is 1. The molecule has 1 rings (SSSR count). The molecule has 0 aromatic heterocycles. The maximum Gasteiger partial charge on any atom is 0.272 e. The maximum atomic E-state index is 10.6. The van der Waals surface area contributed by atoms with Crippen LogP contribution in [0.2, 0.25) is 0 Å². The predicted octanol–water partition coefficient (Wildman–Crippen LogP) is 3.16. The van der Waals surface area contributed by atoms with Gasteiger partial charge in [-0.15, -0.1) is 11.6 Å². The second-order valence-electron chi connectivity index (χ2n) is 2.86. The Balaban J connectivity index is 3.06. The van der Waals surface area contributed by atoms with Crippen molar-refractivity contribution in [3.05, 3.63) is 45.5 Å². The van der Waals surface area contributed by atoms with Gasteiger partial charge in [-0.1, -0.05) is 24.3 Å². The average Bonchev–Trinajstić information content (AvgIpc) is 2.16. The first kappa shape index (κ1) is 10.7. The zero-order chi connectivity index (χ0) is 10.6. The fraction of sp³-hybridized carbons (Fsp3) is 0.200. The van der Waals surface area contributed by atoms with Gasteiger partial charge < -0.3 is 0 Å². The van der Waals surface area contributed by atoms with Gasteiger partial charge in [-0.25, -0.2) is 0 Å². The monoisotopic (exact) mass is 211 g/mol. The largest absolute Gasteiger partial charge is 0.272 e. The normalized spacial score (nSPS) is 10.7. The summed E-state index contributed by atoms with van der Waals surface area (Å²) in [6.07, 6.45) is 3.51. The van der Waals surface area contributed by atoms with Crippen LogP contribution in [0.3, 0.4) is 0 Å². The van der Waals surface area contributed by atoms with Gasteiger partial charge in [0.1, 0.15) is 0 Å². The Kier molecular flexibility index (Phi) is 3.65. The lowest BCUT2D eigenvalue weighted by atomic mass is 10.1. The highest BCUT2D eigenvalue weighted by Gasteiger charge is 2.09. The van der Waals surface area contributed by atoms with Gasteiger partial charge in [-0.05, 0) is 12.5 Å². The van der Waals surface area contributed by atoms with Crippen LogP contribution in [0.5, 0.6) is 0 Å². The Labute approximate surface area is 87.2 Å². The van der Waals surface area contributed by atoms with E-state index in [0.29, 0.717) is 11.4 Å². The molecule has 0 heterocycles. The molecule has 0 bridgehead atoms. The molecule has 0 spiro atoms. The van der Waals surface area contributed by atoms with Crippen LogP contribution in [-0.4, -0.2) is 10.8 Å². The first-order valence-electron chi connectivity index (χ1n) is 4.12. The summed E-state index contributed by atoms with van der Waals surface area (Å²) in [6, 6.07) is 5.09. The van der Waals surface area contributed by atoms with Gasteiger partial charge >= 0.3 is 0 Å². The molecular weight excluding hydrogens is 202 g/mol. The molecule has 1 aromatic rings. The number of hydrogen-bond donors (Lipinski definition) is 0. The van der Waals surface area contributed by atoms with E-state index in [0.717, 1.165) is 5.56 Å². The lowest BCUT2D eigenvalue weighted by Crippen LogP contribution is -1.91. The SMILES string of the molecule is Cc1ccc(/C=C/CCl)cc1[N+](=O)[O-]. The van der Waals surface area contributed by atoms with E-state index in [2.05, 4.69) is 0 Å². The van der Waals surface area contributed by atoms with Crippen LogP contribution >= 0.6 is 11.6 Å². The van der Waals surface area contributed by atoms with Gasteiger partial charge in [0.2, 0.25) is 0 Å². The molecule has 74 valence electrons. The molecule has 1 aromatic carbocycles. The molecule has 0 saturated heterocycles. The number of nitrogens with zero attached hydrogens (tertiary/aromatic N) is 1. The Morgan fingerprint density at radius 3 is 2.86 bits per heavy atom. The van der Waals surface area contributed by atoms with Gasteiger partial charge in [-0.3, -0.25) is 10.1 Å². The molecule has 0 unspecified atom stereocenters. The Morgan fingerprint density at radius 2 is 2.29 bits per heavy atom. The van der Waals surface area contributed by atoms with Crippen molar-refractivity contribution in [1.82, 2.24) is 0 Å². The predicted molar refractivity (Wildman–Crippen MR) is 57.6 cm³/mol. The van der Waals surface area contributed by atoms with Crippen LogP contribution in [0, 0.1) is 17.0 Å². The third kappa shape index (κ3) is 2.57. The number of nitro groups is 1. The molecule has 0 saturated carbocycles. The summed E-state index contributed by atoms with van der Waals surface area (Å²) in [7, 11) is 0. The smallest absolute Gasteiger partial charge is 0.258 e. The van der Waals surface area contributed by atoms with Crippen molar-refractivity contribution in [2.75, 3.05) is 5.88 Å². The topological polar surface area (TPSA) is 43.1 Å². The first-order chi connectivity index (χ1) is 6.65. The van der Waals surface area contributed by atoms with Crippen molar-refractivity contribution < 1.29 is 4.92 Å². The minimum absolute atomic E-state index is 0.140. The number of allylic oxidation sites excluding steroid dienone is 1. The number of hydrogen-bond acceptors (Lipinski definition) is 2. The van der Waals surface area contributed by atoms with Crippen LogP contribution in [-0.2, 0) is 0 Å². The molecule has 0 N–H and O–H groups in total. The van der Waals surface area contributed by atoms with E-state index in [-0.39, 0.29) is 10.6 Å². The number of benzene rings is 1. The van der Waals surface area contributed by atoms with Crippen LogP contribution in [0.1, 0.15) is 11.1 Å². The van der Waals surface area contributed by atoms with E-state index in [4.69, 9.17) is 11.6 Å². The highest BCUT2D eigenvalue weighted by atomic mass is 35.5. The highest BCUT2D eigenvalue weighted by Crippen LogP contribution is 2.19. The van der Waals surface area contributed by atoms with E-state index >= 15 is 0 Å². The maximum absolute atomic E-state index is 10.6. The van der Waals surface area contributed by atoms with Gasteiger partial charge in [0, 0.05) is 17.5 Å². The summed E-state index contributed by atoms with van der Waals surface area (Å²) >= 11 is 5.46. The molecule has 0 amide bonds. The van der Waals surface area contributed by atoms with E-state index in [9.17, 15) is 10.1 Å². The van der Waals surface area contributed by atoms with Crippen molar-refractivity contribution in [2.45, 2.75) is 6.92 Å². The summed E-state index contributed by atoms with van der Waals surface area (Å²) in [6.45, 7) is 1.72. The lowest BCUT2D eigenvalue weighted by Gasteiger charge is -1.98. The number of halogens is 1. The minimum atomic E-state index is -0.382. The standard InChI is InChI=1S/C10H10ClNO2/c1-8-4-5-9(3-2-6-11)7-10(8)12(13)14/h2-5,7H,6H2,1H3/b3-2+. The molecule has 14 heavy (non-hydrogen) atoms. The molecule has 3 nitrogen and oxygen atoms in total. The van der Waals surface area contributed by atoms with Crippen molar-refractivity contribution >= 4 is 23.4 Å². The van der Waals surface area contributed by atoms with Crippen molar-refractivity contribution in [3.63, 3.8) is 0 Å². The Hall–Kier alpha value is -1.35. The molecule has 0 aliphatic rings. The summed E-state index contributed by atoms with van der Waals surface area (Å²) < 4.78 is 0. The summed E-state index contributed by atoms with van der Waals surface area (Å²) in [5, 5.41) is 10.6. The molecule has 0 aliphatic heterocycles. The second-order valence-corrected chi connectivity index (χ2v) is 3.17. The molecule has 0 aliphatic carbocycles. The molecule has 4 heteroatoms. The third-order valence-electron chi connectivity index (χ3n) is 1.83. The van der Waals surface area contributed by atoms with E-state index in [1.54, 1.807) is 31.2 Å².